The van der Waals surface area contributed by atoms with Gasteiger partial charge in [-0.1, -0.05) is 53.4 Å². The minimum Gasteiger partial charge on any atom is -0.545 e. The molecule has 0 aromatic rings. The van der Waals surface area contributed by atoms with Crippen LogP contribution < -0.4 is 61.6 Å². The summed E-state index contributed by atoms with van der Waals surface area (Å²) < 4.78 is 1.42. The summed E-state index contributed by atoms with van der Waals surface area (Å²) in [4.78, 5) is 18.8. The second-order valence-corrected chi connectivity index (χ2v) is 6.62. The van der Waals surface area contributed by atoms with Crippen molar-refractivity contribution in [1.29, 1.82) is 0 Å². The van der Waals surface area contributed by atoms with E-state index in [2.05, 4.69) is 27.7 Å². The van der Waals surface area contributed by atoms with Gasteiger partial charge in [-0.3, -0.25) is 0 Å². The summed E-state index contributed by atoms with van der Waals surface area (Å²) in [6.07, 6.45) is 11.8. The van der Waals surface area contributed by atoms with Crippen molar-refractivity contribution in [2.45, 2.75) is 79.1 Å². The molecule has 0 rings (SSSR count). The van der Waals surface area contributed by atoms with Crippen LogP contribution >= 0.6 is 0 Å². The Morgan fingerprint density at radius 3 is 1.04 bits per heavy atom. The zero-order valence-electron chi connectivity index (χ0n) is 17.7. The molecule has 0 aliphatic heterocycles. The molecule has 148 valence electrons. The Morgan fingerprint density at radius 1 is 0.654 bits per heavy atom. The quantitative estimate of drug-likeness (QED) is 0.216. The van der Waals surface area contributed by atoms with Crippen LogP contribution in [0.25, 0.3) is 0 Å². The number of quaternary nitrogens is 1. The van der Waals surface area contributed by atoms with Crippen molar-refractivity contribution >= 4 is 11.9 Å². The van der Waals surface area contributed by atoms with E-state index in [1.165, 1.54) is 82.0 Å². The zero-order valence-corrected chi connectivity index (χ0v) is 20.8. The van der Waals surface area contributed by atoms with Gasteiger partial charge in [0.25, 0.3) is 0 Å². The molecule has 0 saturated heterocycles. The Morgan fingerprint density at radius 2 is 0.885 bits per heavy atom. The van der Waals surface area contributed by atoms with Gasteiger partial charge in [-0.05, 0) is 37.8 Å². The van der Waals surface area contributed by atoms with E-state index in [4.69, 9.17) is 0 Å². The molecule has 0 aromatic carbocycles. The molecular weight excluding hydrogens is 357 g/mol. The first-order chi connectivity index (χ1) is 11.9. The number of carboxylic acids is 2. The molecule has 0 amide bonds. The van der Waals surface area contributed by atoms with Crippen molar-refractivity contribution < 1.29 is 75.7 Å². The third kappa shape index (κ3) is 20.6. The van der Waals surface area contributed by atoms with E-state index in [0.717, 1.165) is 0 Å². The molecule has 0 saturated carbocycles. The van der Waals surface area contributed by atoms with E-state index in [-0.39, 0.29) is 51.4 Å². The Bertz CT molecular complexity index is 319. The molecule has 0 fully saturated rings. The molecule has 0 aromatic heterocycles. The minimum absolute atomic E-state index is 0. The number of nitrogens with zero attached hydrogens (tertiary/aromatic N) is 1. The van der Waals surface area contributed by atoms with Gasteiger partial charge in [0, 0.05) is 0 Å². The van der Waals surface area contributed by atoms with E-state index in [9.17, 15) is 19.8 Å². The van der Waals surface area contributed by atoms with Gasteiger partial charge in [0.1, 0.15) is 0 Å². The average molecular weight is 396 g/mol. The Kier molecular flexibility index (Phi) is 25.7. The number of unbranched alkanes of at least 4 members (excludes halogenated alkanes) is 4. The van der Waals surface area contributed by atoms with E-state index in [0.29, 0.717) is 12.2 Å². The normalized spacial score (nSPS) is 10.8. The van der Waals surface area contributed by atoms with Gasteiger partial charge >= 0.3 is 51.4 Å². The molecule has 0 spiro atoms. The molecule has 0 radical (unpaired) electrons. The summed E-state index contributed by atoms with van der Waals surface area (Å²) in [7, 11) is 0. The van der Waals surface area contributed by atoms with Crippen LogP contribution in [0, 0.1) is 0 Å². The maximum Gasteiger partial charge on any atom is 1.00 e. The topological polar surface area (TPSA) is 80.3 Å². The second kappa shape index (κ2) is 21.6. The second-order valence-electron chi connectivity index (χ2n) is 6.62. The number of carboxylic acid groups (broad SMARTS) is 2. The summed E-state index contributed by atoms with van der Waals surface area (Å²) in [6.45, 7) is 15.0. The Labute approximate surface area is 203 Å². The van der Waals surface area contributed by atoms with Crippen molar-refractivity contribution in [3.63, 3.8) is 0 Å². The first-order valence-electron chi connectivity index (χ1n) is 9.82. The van der Waals surface area contributed by atoms with Crippen LogP contribution in [0.15, 0.2) is 12.2 Å². The molecule has 6 heteroatoms. The number of hydrogen-bond donors (Lipinski definition) is 0. The van der Waals surface area contributed by atoms with Gasteiger partial charge in [0.2, 0.25) is 0 Å². The van der Waals surface area contributed by atoms with Gasteiger partial charge in [0.15, 0.2) is 0 Å². The van der Waals surface area contributed by atoms with E-state index < -0.39 is 11.9 Å². The van der Waals surface area contributed by atoms with Crippen molar-refractivity contribution in [2.24, 2.45) is 0 Å². The fraction of sp³-hybridized carbons (Fsp3) is 0.800. The number of aliphatic carboxylic acids is 2. The monoisotopic (exact) mass is 395 g/mol. The van der Waals surface area contributed by atoms with Gasteiger partial charge in [-0.25, -0.2) is 0 Å². The summed E-state index contributed by atoms with van der Waals surface area (Å²) in [5, 5.41) is 18.8. The van der Waals surface area contributed by atoms with Crippen molar-refractivity contribution in [3.8, 4) is 0 Å². The van der Waals surface area contributed by atoms with Crippen LogP contribution in [0.1, 0.15) is 79.1 Å². The third-order valence-electron chi connectivity index (χ3n) is 4.30. The van der Waals surface area contributed by atoms with Gasteiger partial charge in [-0.2, -0.15) is 0 Å². The molecule has 0 unspecified atom stereocenters. The van der Waals surface area contributed by atoms with Crippen LogP contribution in [-0.4, -0.2) is 42.6 Å². The maximum atomic E-state index is 9.41. The molecule has 5 nitrogen and oxygen atoms in total. The first-order valence-corrected chi connectivity index (χ1v) is 9.82. The largest absolute Gasteiger partial charge is 1.00 e. The van der Waals surface area contributed by atoms with E-state index in [1.807, 2.05) is 0 Å². The maximum absolute atomic E-state index is 9.41. The Balaban J connectivity index is -0.000000498. The van der Waals surface area contributed by atoms with E-state index >= 15 is 0 Å². The fourth-order valence-corrected chi connectivity index (χ4v) is 2.78. The average Bonchev–Trinajstić information content (AvgIpc) is 2.59. The standard InChI is InChI=1S/C16H36N.C4H4O4.K/c1-5-9-13-17(14-10-6-2,15-11-7-3)16-12-8-4;5-3(6)1-2-4(7)8;/h5-16H2,1-4H3;1-2H,(H,5,6)(H,7,8);/q+1;;+1/p-2. The van der Waals surface area contributed by atoms with Crippen LogP contribution in [0.3, 0.4) is 0 Å². The summed E-state index contributed by atoms with van der Waals surface area (Å²) in [6, 6.07) is 0. The Hall–Kier alpha value is 0.276. The summed E-state index contributed by atoms with van der Waals surface area (Å²) in [5.74, 6) is -3.09. The molecule has 0 N–H and O–H groups in total. The molecule has 0 atom stereocenters. The number of rotatable bonds is 14. The fourth-order valence-electron chi connectivity index (χ4n) is 2.78. The molecule has 0 aliphatic rings. The van der Waals surface area contributed by atoms with Crippen LogP contribution in [0.2, 0.25) is 0 Å². The predicted octanol–water partition coefficient (Wildman–Crippen LogP) is -0.950. The van der Waals surface area contributed by atoms with Crippen molar-refractivity contribution in [2.75, 3.05) is 26.2 Å². The zero-order chi connectivity index (χ0) is 19.6. The van der Waals surface area contributed by atoms with Crippen LogP contribution in [-0.2, 0) is 9.59 Å². The predicted molar refractivity (Wildman–Crippen MR) is 98.5 cm³/mol. The molecule has 0 bridgehead atoms. The molecule has 0 heterocycles. The van der Waals surface area contributed by atoms with Crippen LogP contribution in [0.5, 0.6) is 0 Å². The number of hydrogen-bond acceptors (Lipinski definition) is 4. The molecule has 26 heavy (non-hydrogen) atoms. The van der Waals surface area contributed by atoms with Gasteiger partial charge in [-0.15, -0.1) is 0 Å². The van der Waals surface area contributed by atoms with Gasteiger partial charge in [0.05, 0.1) is 38.1 Å². The summed E-state index contributed by atoms with van der Waals surface area (Å²) >= 11 is 0. The first kappa shape index (κ1) is 31.0. The molecule has 0 aliphatic carbocycles. The molecular formula is C20H38KNO4. The smallest absolute Gasteiger partial charge is 0.545 e. The number of carbonyl (C=O) groups excluding carboxylic acids is 2. The van der Waals surface area contributed by atoms with Crippen molar-refractivity contribution in [3.05, 3.63) is 12.2 Å². The van der Waals surface area contributed by atoms with Crippen LogP contribution in [0.4, 0.5) is 0 Å². The van der Waals surface area contributed by atoms with Gasteiger partial charge < -0.3 is 24.3 Å². The van der Waals surface area contributed by atoms with E-state index in [1.54, 1.807) is 0 Å². The van der Waals surface area contributed by atoms with Crippen molar-refractivity contribution in [1.82, 2.24) is 0 Å². The summed E-state index contributed by atoms with van der Waals surface area (Å²) in [5.41, 5.74) is 0. The minimum atomic E-state index is -1.55. The SMILES string of the molecule is CCCC[N+](CCCC)(CCCC)CCCC.O=C([O-])C=CC(=O)[O-].[K+]. The number of carbonyl (C=O) groups is 2. The third-order valence-corrected chi connectivity index (χ3v) is 4.30.